The van der Waals surface area contributed by atoms with E-state index in [1.807, 2.05) is 18.2 Å². The quantitative estimate of drug-likeness (QED) is 0.807. The SMILES string of the molecule is O=C(CCc1ncc(-c2ccccc2Cl)o1)NO[C@H]1CCCCO1. The number of aryl methyl sites for hydroxylation is 1. The van der Waals surface area contributed by atoms with Gasteiger partial charge in [0, 0.05) is 31.4 Å². The number of benzene rings is 1. The summed E-state index contributed by atoms with van der Waals surface area (Å²) in [7, 11) is 0. The molecular weight excluding hydrogens is 332 g/mol. The molecule has 2 heterocycles. The maximum atomic E-state index is 11.8. The van der Waals surface area contributed by atoms with E-state index in [0.29, 0.717) is 29.7 Å². The van der Waals surface area contributed by atoms with Gasteiger partial charge in [0.15, 0.2) is 17.9 Å². The van der Waals surface area contributed by atoms with Crippen LogP contribution in [0.15, 0.2) is 34.9 Å². The van der Waals surface area contributed by atoms with Gasteiger partial charge in [0.25, 0.3) is 0 Å². The lowest BCUT2D eigenvalue weighted by Crippen LogP contribution is -2.33. The van der Waals surface area contributed by atoms with E-state index in [1.165, 1.54) is 0 Å². The molecule has 1 amide bonds. The van der Waals surface area contributed by atoms with Crippen molar-refractivity contribution in [1.82, 2.24) is 10.5 Å². The second-order valence-electron chi connectivity index (χ2n) is 5.54. The van der Waals surface area contributed by atoms with Gasteiger partial charge in [-0.2, -0.15) is 0 Å². The summed E-state index contributed by atoms with van der Waals surface area (Å²) in [5.41, 5.74) is 3.19. The number of hydroxylamine groups is 1. The number of ether oxygens (including phenoxy) is 1. The van der Waals surface area contributed by atoms with E-state index in [2.05, 4.69) is 10.5 Å². The first-order valence-electron chi connectivity index (χ1n) is 7.98. The fourth-order valence-corrected chi connectivity index (χ4v) is 2.65. The summed E-state index contributed by atoms with van der Waals surface area (Å²) >= 11 is 6.13. The van der Waals surface area contributed by atoms with Crippen LogP contribution in [0.2, 0.25) is 5.02 Å². The van der Waals surface area contributed by atoms with Crippen LogP contribution >= 0.6 is 11.6 Å². The van der Waals surface area contributed by atoms with Crippen LogP contribution in [0.5, 0.6) is 0 Å². The Morgan fingerprint density at radius 1 is 1.38 bits per heavy atom. The number of hydrogen-bond acceptors (Lipinski definition) is 5. The Morgan fingerprint density at radius 3 is 3.04 bits per heavy atom. The van der Waals surface area contributed by atoms with Crippen LogP contribution in [0.3, 0.4) is 0 Å². The third-order valence-electron chi connectivity index (χ3n) is 3.70. The number of nitrogens with zero attached hydrogens (tertiary/aromatic N) is 1. The van der Waals surface area contributed by atoms with Gasteiger partial charge in [-0.1, -0.05) is 23.7 Å². The molecule has 0 radical (unpaired) electrons. The number of halogens is 1. The van der Waals surface area contributed by atoms with E-state index >= 15 is 0 Å². The first kappa shape index (κ1) is 17.0. The lowest BCUT2D eigenvalue weighted by atomic mass is 10.2. The molecule has 1 saturated heterocycles. The van der Waals surface area contributed by atoms with Gasteiger partial charge in [0.05, 0.1) is 11.2 Å². The molecule has 1 N–H and O–H groups in total. The Kier molecular flexibility index (Phi) is 5.85. The zero-order chi connectivity index (χ0) is 16.8. The predicted molar refractivity (Wildman–Crippen MR) is 88.1 cm³/mol. The van der Waals surface area contributed by atoms with Gasteiger partial charge >= 0.3 is 0 Å². The van der Waals surface area contributed by atoms with Gasteiger partial charge in [-0.05, 0) is 25.0 Å². The maximum Gasteiger partial charge on any atom is 0.244 e. The number of hydrogen-bond donors (Lipinski definition) is 1. The molecule has 24 heavy (non-hydrogen) atoms. The Morgan fingerprint density at radius 2 is 2.25 bits per heavy atom. The maximum absolute atomic E-state index is 11.8. The predicted octanol–water partition coefficient (Wildman–Crippen LogP) is 3.50. The molecule has 1 atom stereocenters. The van der Waals surface area contributed by atoms with Gasteiger partial charge in [-0.15, -0.1) is 0 Å². The first-order valence-corrected chi connectivity index (χ1v) is 8.36. The minimum Gasteiger partial charge on any atom is -0.441 e. The van der Waals surface area contributed by atoms with Gasteiger partial charge in [0.2, 0.25) is 5.91 Å². The smallest absolute Gasteiger partial charge is 0.244 e. The van der Waals surface area contributed by atoms with Crippen molar-refractivity contribution in [3.05, 3.63) is 41.4 Å². The summed E-state index contributed by atoms with van der Waals surface area (Å²) in [6.45, 7) is 0.668. The molecule has 1 aliphatic heterocycles. The number of aromatic nitrogens is 1. The van der Waals surface area contributed by atoms with Gasteiger partial charge in [-0.3, -0.25) is 4.79 Å². The number of rotatable bonds is 6. The average Bonchev–Trinajstić information content (AvgIpc) is 3.08. The van der Waals surface area contributed by atoms with Crippen molar-refractivity contribution in [2.24, 2.45) is 0 Å². The van der Waals surface area contributed by atoms with Crippen molar-refractivity contribution in [1.29, 1.82) is 0 Å². The summed E-state index contributed by atoms with van der Waals surface area (Å²) in [6, 6.07) is 7.37. The Bertz CT molecular complexity index is 683. The Labute approximate surface area is 145 Å². The monoisotopic (exact) mass is 350 g/mol. The largest absolute Gasteiger partial charge is 0.441 e. The second-order valence-corrected chi connectivity index (χ2v) is 5.94. The molecule has 7 heteroatoms. The molecule has 1 aliphatic rings. The van der Waals surface area contributed by atoms with Gasteiger partial charge in [0.1, 0.15) is 0 Å². The third-order valence-corrected chi connectivity index (χ3v) is 4.03. The molecule has 3 rings (SSSR count). The summed E-state index contributed by atoms with van der Waals surface area (Å²) in [4.78, 5) is 21.2. The van der Waals surface area contributed by atoms with Crippen molar-refractivity contribution in [2.45, 2.75) is 38.4 Å². The lowest BCUT2D eigenvalue weighted by molar-refractivity contribution is -0.200. The van der Waals surface area contributed by atoms with Crippen LogP contribution in [0.4, 0.5) is 0 Å². The molecule has 6 nitrogen and oxygen atoms in total. The van der Waals surface area contributed by atoms with Crippen LogP contribution in [-0.4, -0.2) is 23.8 Å². The van der Waals surface area contributed by atoms with Crippen LogP contribution in [0.25, 0.3) is 11.3 Å². The number of nitrogens with one attached hydrogen (secondary N) is 1. The molecule has 0 aliphatic carbocycles. The van der Waals surface area contributed by atoms with Crippen LogP contribution in [0, 0.1) is 0 Å². The summed E-state index contributed by atoms with van der Waals surface area (Å²) in [5, 5.41) is 0.596. The summed E-state index contributed by atoms with van der Waals surface area (Å²) in [6.07, 6.45) is 4.73. The van der Waals surface area contributed by atoms with Crippen molar-refractivity contribution in [3.8, 4) is 11.3 Å². The van der Waals surface area contributed by atoms with Crippen LogP contribution in [-0.2, 0) is 20.8 Å². The number of carbonyl (C=O) groups excluding carboxylic acids is 1. The molecule has 1 fully saturated rings. The van der Waals surface area contributed by atoms with E-state index in [4.69, 9.17) is 25.6 Å². The van der Waals surface area contributed by atoms with E-state index < -0.39 is 0 Å². The van der Waals surface area contributed by atoms with Crippen molar-refractivity contribution >= 4 is 17.5 Å². The summed E-state index contributed by atoms with van der Waals surface area (Å²) in [5.74, 6) is 0.832. The van der Waals surface area contributed by atoms with E-state index in [0.717, 1.165) is 24.8 Å². The van der Waals surface area contributed by atoms with Crippen LogP contribution in [0.1, 0.15) is 31.6 Å². The van der Waals surface area contributed by atoms with Crippen molar-refractivity contribution < 1.29 is 18.8 Å². The van der Waals surface area contributed by atoms with Crippen molar-refractivity contribution in [3.63, 3.8) is 0 Å². The second kappa shape index (κ2) is 8.28. The topological polar surface area (TPSA) is 73.6 Å². The minimum absolute atomic E-state index is 0.217. The molecule has 1 aromatic heterocycles. The first-order chi connectivity index (χ1) is 11.7. The van der Waals surface area contributed by atoms with E-state index in [-0.39, 0.29) is 18.6 Å². The Hall–Kier alpha value is -1.89. The molecule has 0 spiro atoms. The summed E-state index contributed by atoms with van der Waals surface area (Å²) < 4.78 is 11.0. The average molecular weight is 351 g/mol. The fourth-order valence-electron chi connectivity index (χ4n) is 2.42. The number of oxazole rings is 1. The standard InChI is InChI=1S/C17H19ClN2O4/c18-13-6-2-1-5-12(13)14-11-19-16(23-14)9-8-15(21)20-24-17-7-3-4-10-22-17/h1-2,5-6,11,17H,3-4,7-10H2,(H,20,21)/t17-/m0/s1. The molecule has 2 aromatic rings. The molecule has 0 saturated carbocycles. The molecule has 128 valence electrons. The molecule has 0 unspecified atom stereocenters. The zero-order valence-electron chi connectivity index (χ0n) is 13.2. The highest BCUT2D eigenvalue weighted by atomic mass is 35.5. The molecular formula is C17H19ClN2O4. The number of amides is 1. The Balaban J connectivity index is 1.46. The number of carbonyl (C=O) groups is 1. The van der Waals surface area contributed by atoms with Crippen LogP contribution < -0.4 is 5.48 Å². The minimum atomic E-state index is -0.351. The highest BCUT2D eigenvalue weighted by Crippen LogP contribution is 2.28. The van der Waals surface area contributed by atoms with Gasteiger partial charge in [-0.25, -0.2) is 15.3 Å². The van der Waals surface area contributed by atoms with Gasteiger partial charge < -0.3 is 9.15 Å². The molecule has 0 bridgehead atoms. The normalized spacial score (nSPS) is 17.6. The van der Waals surface area contributed by atoms with Crippen molar-refractivity contribution in [2.75, 3.05) is 6.61 Å². The lowest BCUT2D eigenvalue weighted by Gasteiger charge is -2.21. The van der Waals surface area contributed by atoms with E-state index in [1.54, 1.807) is 12.3 Å². The zero-order valence-corrected chi connectivity index (χ0v) is 13.9. The highest BCUT2D eigenvalue weighted by Gasteiger charge is 2.16. The molecule has 1 aromatic carbocycles. The fraction of sp³-hybridized carbons (Fsp3) is 0.412. The highest BCUT2D eigenvalue weighted by molar-refractivity contribution is 6.33. The third kappa shape index (κ3) is 4.56. The van der Waals surface area contributed by atoms with E-state index in [9.17, 15) is 4.79 Å².